The SMILES string of the molecule is CC(=O)[C@@H](Cc1ccc(C=O)cc1)NC(=O)OC(C)(C)C. The number of alkyl carbamates (subject to hydrolysis) is 1. The van der Waals surface area contributed by atoms with Crippen molar-refractivity contribution < 1.29 is 19.1 Å². The highest BCUT2D eigenvalue weighted by Gasteiger charge is 2.22. The van der Waals surface area contributed by atoms with Crippen LogP contribution in [0.4, 0.5) is 4.79 Å². The number of amides is 1. The number of rotatable bonds is 5. The highest BCUT2D eigenvalue weighted by molar-refractivity contribution is 5.85. The van der Waals surface area contributed by atoms with Gasteiger partial charge in [-0.05, 0) is 39.7 Å². The standard InChI is InChI=1S/C16H21NO4/c1-11(19)14(17-15(20)21-16(2,3)4)9-12-5-7-13(10-18)8-6-12/h5-8,10,14H,9H2,1-4H3,(H,17,20)/t14-/m1/s1. The highest BCUT2D eigenvalue weighted by atomic mass is 16.6. The molecule has 21 heavy (non-hydrogen) atoms. The van der Waals surface area contributed by atoms with Gasteiger partial charge in [-0.3, -0.25) is 9.59 Å². The molecule has 0 heterocycles. The van der Waals surface area contributed by atoms with Crippen LogP contribution in [-0.4, -0.2) is 29.8 Å². The topological polar surface area (TPSA) is 72.5 Å². The smallest absolute Gasteiger partial charge is 0.408 e. The lowest BCUT2D eigenvalue weighted by Gasteiger charge is -2.22. The Kier molecular flexibility index (Phi) is 5.64. The Morgan fingerprint density at radius 1 is 1.24 bits per heavy atom. The molecule has 0 aliphatic carbocycles. The summed E-state index contributed by atoms with van der Waals surface area (Å²) >= 11 is 0. The van der Waals surface area contributed by atoms with E-state index in [9.17, 15) is 14.4 Å². The first-order chi connectivity index (χ1) is 9.71. The number of carbonyl (C=O) groups is 3. The van der Waals surface area contributed by atoms with Crippen molar-refractivity contribution in [1.29, 1.82) is 0 Å². The van der Waals surface area contributed by atoms with Crippen molar-refractivity contribution >= 4 is 18.2 Å². The Morgan fingerprint density at radius 3 is 2.24 bits per heavy atom. The second-order valence-corrected chi connectivity index (χ2v) is 5.87. The van der Waals surface area contributed by atoms with Gasteiger partial charge in [0.15, 0.2) is 5.78 Å². The van der Waals surface area contributed by atoms with E-state index in [4.69, 9.17) is 4.74 Å². The summed E-state index contributed by atoms with van der Waals surface area (Å²) in [6.07, 6.45) is 0.492. The van der Waals surface area contributed by atoms with Crippen molar-refractivity contribution in [2.24, 2.45) is 0 Å². The molecule has 1 amide bonds. The molecule has 0 aliphatic rings. The zero-order chi connectivity index (χ0) is 16.0. The average Bonchev–Trinajstić information content (AvgIpc) is 2.36. The number of nitrogens with one attached hydrogen (secondary N) is 1. The summed E-state index contributed by atoms with van der Waals surface area (Å²) in [4.78, 5) is 34.0. The van der Waals surface area contributed by atoms with Gasteiger partial charge in [0.2, 0.25) is 0 Å². The Balaban J connectivity index is 2.71. The molecule has 0 aromatic heterocycles. The maximum atomic E-state index is 11.7. The van der Waals surface area contributed by atoms with Crippen LogP contribution in [0.2, 0.25) is 0 Å². The lowest BCUT2D eigenvalue weighted by Crippen LogP contribution is -2.43. The molecule has 0 saturated carbocycles. The van der Waals surface area contributed by atoms with E-state index in [0.29, 0.717) is 12.0 Å². The summed E-state index contributed by atoms with van der Waals surface area (Å²) in [6, 6.07) is 6.22. The number of Topliss-reactive ketones (excluding diaryl/α,β-unsaturated/α-hetero) is 1. The second-order valence-electron chi connectivity index (χ2n) is 5.87. The van der Waals surface area contributed by atoms with Crippen molar-refractivity contribution in [3.8, 4) is 0 Å². The van der Waals surface area contributed by atoms with E-state index in [2.05, 4.69) is 5.32 Å². The number of ketones is 1. The van der Waals surface area contributed by atoms with Crippen LogP contribution < -0.4 is 5.32 Å². The van der Waals surface area contributed by atoms with Gasteiger partial charge in [0.05, 0.1) is 6.04 Å². The van der Waals surface area contributed by atoms with Crippen LogP contribution in [0.5, 0.6) is 0 Å². The van der Waals surface area contributed by atoms with E-state index in [0.717, 1.165) is 11.8 Å². The van der Waals surface area contributed by atoms with Gasteiger partial charge in [-0.15, -0.1) is 0 Å². The van der Waals surface area contributed by atoms with Gasteiger partial charge in [-0.1, -0.05) is 24.3 Å². The van der Waals surface area contributed by atoms with Crippen LogP contribution in [0.25, 0.3) is 0 Å². The van der Waals surface area contributed by atoms with Crippen molar-refractivity contribution in [2.75, 3.05) is 0 Å². The first kappa shape index (κ1) is 16.9. The third-order valence-corrected chi connectivity index (χ3v) is 2.74. The van der Waals surface area contributed by atoms with Crippen molar-refractivity contribution in [1.82, 2.24) is 5.32 Å². The third kappa shape index (κ3) is 6.21. The Morgan fingerprint density at radius 2 is 1.81 bits per heavy atom. The number of hydrogen-bond acceptors (Lipinski definition) is 4. The molecule has 1 atom stereocenters. The first-order valence-electron chi connectivity index (χ1n) is 6.75. The summed E-state index contributed by atoms with van der Waals surface area (Å²) < 4.78 is 5.14. The fourth-order valence-electron chi connectivity index (χ4n) is 1.71. The van der Waals surface area contributed by atoms with Crippen LogP contribution >= 0.6 is 0 Å². The van der Waals surface area contributed by atoms with Crippen LogP contribution in [0.3, 0.4) is 0 Å². The number of ether oxygens (including phenoxy) is 1. The summed E-state index contributed by atoms with van der Waals surface area (Å²) in [5, 5.41) is 2.57. The quantitative estimate of drug-likeness (QED) is 0.846. The molecular formula is C16H21NO4. The number of aldehydes is 1. The predicted molar refractivity (Wildman–Crippen MR) is 79.4 cm³/mol. The predicted octanol–water partition coefficient (Wildman–Crippen LogP) is 2.52. The fourth-order valence-corrected chi connectivity index (χ4v) is 1.71. The molecule has 1 aromatic carbocycles. The van der Waals surface area contributed by atoms with Gasteiger partial charge < -0.3 is 10.1 Å². The van der Waals surface area contributed by atoms with E-state index in [-0.39, 0.29) is 5.78 Å². The fraction of sp³-hybridized carbons (Fsp3) is 0.438. The van der Waals surface area contributed by atoms with Crippen molar-refractivity contribution in [3.05, 3.63) is 35.4 Å². The average molecular weight is 291 g/mol. The van der Waals surface area contributed by atoms with Gasteiger partial charge >= 0.3 is 6.09 Å². The molecule has 1 aromatic rings. The van der Waals surface area contributed by atoms with Crippen LogP contribution in [-0.2, 0) is 16.0 Å². The summed E-state index contributed by atoms with van der Waals surface area (Å²) in [5.74, 6) is -0.152. The van der Waals surface area contributed by atoms with E-state index < -0.39 is 17.7 Å². The monoisotopic (exact) mass is 291 g/mol. The molecule has 114 valence electrons. The summed E-state index contributed by atoms with van der Waals surface area (Å²) in [5.41, 5.74) is 0.812. The maximum absolute atomic E-state index is 11.7. The molecule has 0 radical (unpaired) electrons. The lowest BCUT2D eigenvalue weighted by molar-refractivity contribution is -0.119. The van der Waals surface area contributed by atoms with E-state index >= 15 is 0 Å². The van der Waals surface area contributed by atoms with E-state index in [1.807, 2.05) is 0 Å². The minimum Gasteiger partial charge on any atom is -0.444 e. The van der Waals surface area contributed by atoms with Crippen LogP contribution in [0, 0.1) is 0 Å². The Bertz CT molecular complexity index is 514. The van der Waals surface area contributed by atoms with E-state index in [1.165, 1.54) is 6.92 Å². The molecule has 0 unspecified atom stereocenters. The van der Waals surface area contributed by atoms with Crippen LogP contribution in [0.15, 0.2) is 24.3 Å². The van der Waals surface area contributed by atoms with Crippen molar-refractivity contribution in [2.45, 2.75) is 45.8 Å². The molecule has 0 saturated heterocycles. The summed E-state index contributed by atoms with van der Waals surface area (Å²) in [7, 11) is 0. The second kappa shape index (κ2) is 7.02. The minimum atomic E-state index is -0.651. The van der Waals surface area contributed by atoms with Crippen LogP contribution in [0.1, 0.15) is 43.6 Å². The first-order valence-corrected chi connectivity index (χ1v) is 6.75. The molecule has 0 spiro atoms. The molecular weight excluding hydrogens is 270 g/mol. The Labute approximate surface area is 124 Å². The highest BCUT2D eigenvalue weighted by Crippen LogP contribution is 2.09. The molecule has 0 fully saturated rings. The zero-order valence-electron chi connectivity index (χ0n) is 12.8. The van der Waals surface area contributed by atoms with Gasteiger partial charge in [0.1, 0.15) is 11.9 Å². The van der Waals surface area contributed by atoms with Crippen molar-refractivity contribution in [3.63, 3.8) is 0 Å². The zero-order valence-corrected chi connectivity index (χ0v) is 12.8. The molecule has 5 heteroatoms. The van der Waals surface area contributed by atoms with Gasteiger partial charge in [0, 0.05) is 5.56 Å². The third-order valence-electron chi connectivity index (χ3n) is 2.74. The summed E-state index contributed by atoms with van der Waals surface area (Å²) in [6.45, 7) is 6.69. The largest absolute Gasteiger partial charge is 0.444 e. The molecule has 1 rings (SSSR count). The lowest BCUT2D eigenvalue weighted by atomic mass is 10.0. The van der Waals surface area contributed by atoms with Gasteiger partial charge in [-0.25, -0.2) is 4.79 Å². The van der Waals surface area contributed by atoms with E-state index in [1.54, 1.807) is 45.0 Å². The minimum absolute atomic E-state index is 0.152. The normalized spacial score (nSPS) is 12.4. The molecule has 1 N–H and O–H groups in total. The van der Waals surface area contributed by atoms with Gasteiger partial charge in [0.25, 0.3) is 0 Å². The number of carbonyl (C=O) groups excluding carboxylic acids is 3. The number of benzene rings is 1. The molecule has 0 aliphatic heterocycles. The number of hydrogen-bond donors (Lipinski definition) is 1. The maximum Gasteiger partial charge on any atom is 0.408 e. The molecule has 0 bridgehead atoms. The van der Waals surface area contributed by atoms with Gasteiger partial charge in [-0.2, -0.15) is 0 Å². The molecule has 5 nitrogen and oxygen atoms in total. The Hall–Kier alpha value is -2.17.